The van der Waals surface area contributed by atoms with Crippen molar-refractivity contribution in [3.63, 3.8) is 0 Å². The topological polar surface area (TPSA) is 35.9 Å². The van der Waals surface area contributed by atoms with Gasteiger partial charge in [-0.05, 0) is 172 Å². The number of rotatable bonds is 6. The molecule has 15 aromatic rings. The fourth-order valence-electron chi connectivity index (χ4n) is 20.4. The Morgan fingerprint density at radius 2 is 0.948 bits per heavy atom. The summed E-state index contributed by atoms with van der Waals surface area (Å²) in [6.45, 7) is 17.0. The number of ether oxygens (including phenoxy) is 1. The quantitative estimate of drug-likeness (QED) is 0.123. The largest absolute Gasteiger partial charge is 0.458 e. The van der Waals surface area contributed by atoms with E-state index in [1.807, 2.05) is 42.6 Å². The molecule has 0 fully saturated rings. The van der Waals surface area contributed by atoms with E-state index in [2.05, 4.69) is 281 Å². The Morgan fingerprint density at radius 1 is 0.417 bits per heavy atom. The minimum absolute atomic E-state index is 0.0912. The maximum atomic E-state index is 9.62. The number of hydrogen-bond acceptors (Lipinski definition) is 2. The van der Waals surface area contributed by atoms with Crippen molar-refractivity contribution in [3.05, 3.63) is 342 Å². The first-order valence-electron chi connectivity index (χ1n) is 36.0. The molecule has 5 atom stereocenters. The molecule has 1 aliphatic heterocycles. The summed E-state index contributed by atoms with van der Waals surface area (Å²) < 4.78 is 59.7. The molecule has 0 bridgehead atoms. The summed E-state index contributed by atoms with van der Waals surface area (Å²) in [4.78, 5) is 4.97. The monoisotopic (exact) mass is 1240 g/mol. The molecule has 12 aromatic carbocycles. The van der Waals surface area contributed by atoms with Crippen molar-refractivity contribution >= 4 is 32.8 Å². The van der Waals surface area contributed by atoms with Crippen LogP contribution in [-0.4, -0.2) is 14.1 Å². The Hall–Kier alpha value is -11.1. The zero-order valence-corrected chi connectivity index (χ0v) is 54.4. The molecule has 0 saturated heterocycles. The summed E-state index contributed by atoms with van der Waals surface area (Å²) in [6, 6.07) is 88.5. The van der Waals surface area contributed by atoms with Gasteiger partial charge in [0.05, 0.1) is 40.3 Å². The molecule has 5 heteroatoms. The number of benzene rings is 12. The molecule has 5 nitrogen and oxygen atoms in total. The van der Waals surface area contributed by atoms with Crippen LogP contribution in [-0.2, 0) is 27.1 Å². The van der Waals surface area contributed by atoms with Crippen LogP contribution in [0.25, 0.3) is 106 Å². The molecular weight excluding hydrogens is 1170 g/mol. The zero-order chi connectivity index (χ0) is 68.8. The number of fused-ring (bicyclic) bond motifs is 22. The van der Waals surface area contributed by atoms with Gasteiger partial charge in [0.25, 0.3) is 6.33 Å². The Kier molecular flexibility index (Phi) is 9.99. The summed E-state index contributed by atoms with van der Waals surface area (Å²) >= 11 is 0. The van der Waals surface area contributed by atoms with Gasteiger partial charge in [-0.1, -0.05) is 261 Å². The van der Waals surface area contributed by atoms with E-state index in [1.165, 1.54) is 50.1 Å². The number of pyridine rings is 1. The first kappa shape index (κ1) is 50.4. The van der Waals surface area contributed by atoms with E-state index in [9.17, 15) is 2.74 Å². The summed E-state index contributed by atoms with van der Waals surface area (Å²) in [7, 11) is 0. The van der Waals surface area contributed by atoms with Gasteiger partial charge in [-0.3, -0.25) is 13.7 Å². The molecule has 4 heterocycles. The molecule has 20 rings (SSSR count). The second-order valence-electron chi connectivity index (χ2n) is 28.9. The lowest BCUT2D eigenvalue weighted by atomic mass is 9.43. The number of hydrogen-bond donors (Lipinski definition) is 0. The van der Waals surface area contributed by atoms with Crippen LogP contribution < -0.4 is 9.30 Å². The maximum absolute atomic E-state index is 9.62. The van der Waals surface area contributed by atoms with Crippen LogP contribution in [0.3, 0.4) is 0 Å². The molecule has 5 aliphatic rings. The molecule has 96 heavy (non-hydrogen) atoms. The maximum Gasteiger partial charge on any atom is 0.269 e. The van der Waals surface area contributed by atoms with Gasteiger partial charge >= 0.3 is 0 Å². The first-order chi connectivity index (χ1) is 48.8. The van der Waals surface area contributed by atoms with Gasteiger partial charge in [-0.15, -0.1) is 0 Å². The van der Waals surface area contributed by atoms with Crippen molar-refractivity contribution in [2.24, 2.45) is 5.41 Å². The highest BCUT2D eigenvalue weighted by molar-refractivity contribution is 6.10. The van der Waals surface area contributed by atoms with E-state index >= 15 is 0 Å². The third-order valence-electron chi connectivity index (χ3n) is 23.7. The highest BCUT2D eigenvalue weighted by Crippen LogP contribution is 2.90. The van der Waals surface area contributed by atoms with Crippen LogP contribution in [0.1, 0.15) is 105 Å². The normalized spacial score (nSPS) is 21.8. The molecule has 0 saturated carbocycles. The average molecular weight is 1240 g/mol. The summed E-state index contributed by atoms with van der Waals surface area (Å²) in [5, 5.41) is 2.21. The van der Waals surface area contributed by atoms with E-state index in [4.69, 9.17) is 13.8 Å². The van der Waals surface area contributed by atoms with Crippen molar-refractivity contribution in [1.82, 2.24) is 14.1 Å². The zero-order valence-electron chi connectivity index (χ0n) is 59.4. The van der Waals surface area contributed by atoms with Crippen LogP contribution in [0.15, 0.2) is 285 Å². The Balaban J connectivity index is 0.851. The molecule has 0 amide bonds. The first-order valence-corrected chi connectivity index (χ1v) is 33.5. The highest BCUT2D eigenvalue weighted by Gasteiger charge is 2.89. The second-order valence-corrected chi connectivity index (χ2v) is 28.9. The fraction of sp³-hybridized carbons (Fsp3) is 0.143. The van der Waals surface area contributed by atoms with Crippen LogP contribution in [0.5, 0.6) is 11.5 Å². The molecule has 0 N–H and O–H groups in total. The third-order valence-corrected chi connectivity index (χ3v) is 23.7. The predicted molar refractivity (Wildman–Crippen MR) is 389 cm³/mol. The van der Waals surface area contributed by atoms with E-state index in [0.29, 0.717) is 22.7 Å². The summed E-state index contributed by atoms with van der Waals surface area (Å²) in [5.74, 6) is 2.09. The van der Waals surface area contributed by atoms with E-state index in [1.54, 1.807) is 0 Å². The number of imidazole rings is 1. The Bertz CT molecular complexity index is 6170. The van der Waals surface area contributed by atoms with E-state index in [0.717, 1.165) is 88.9 Å². The smallest absolute Gasteiger partial charge is 0.269 e. The molecular formula is C91H68N4O. The van der Waals surface area contributed by atoms with Crippen molar-refractivity contribution in [1.29, 1.82) is 0 Å². The molecule has 1 spiro atoms. The second kappa shape index (κ2) is 19.0. The number of nitrogens with zero attached hydrogens (tertiary/aromatic N) is 4. The van der Waals surface area contributed by atoms with Crippen LogP contribution in [0.4, 0.5) is 0 Å². The van der Waals surface area contributed by atoms with Crippen molar-refractivity contribution < 1.29 is 16.2 Å². The minimum Gasteiger partial charge on any atom is -0.458 e. The van der Waals surface area contributed by atoms with Gasteiger partial charge in [0, 0.05) is 50.1 Å². The van der Waals surface area contributed by atoms with Crippen LogP contribution in [0.2, 0.25) is 0 Å². The van der Waals surface area contributed by atoms with Gasteiger partial charge in [-0.2, -0.15) is 0 Å². The average Bonchev–Trinajstić information content (AvgIpc) is 1.41. The van der Waals surface area contributed by atoms with E-state index in [-0.39, 0.29) is 33.9 Å². The molecule has 4 aliphatic carbocycles. The van der Waals surface area contributed by atoms with Gasteiger partial charge in [0.15, 0.2) is 0 Å². The van der Waals surface area contributed by atoms with Gasteiger partial charge in [0.1, 0.15) is 17.3 Å². The van der Waals surface area contributed by atoms with Gasteiger partial charge < -0.3 is 4.74 Å². The van der Waals surface area contributed by atoms with Crippen LogP contribution >= 0.6 is 0 Å². The lowest BCUT2D eigenvalue weighted by Crippen LogP contribution is -2.60. The molecule has 0 radical (unpaired) electrons. The van der Waals surface area contributed by atoms with Crippen molar-refractivity contribution in [2.45, 2.75) is 75.5 Å². The SMILES string of the molecule is [2H]c1c([2H])c([2H])c(-c2cccc3c2-[n+]2[c-]n(-c4cccc(Oc5ccc6c7ccccc7n(-c7cc(C(C)(C)C)ccn7)c6c5)c4)c4cc(-c5ccc6c(c5)C5(C)c7ccccc7C7(C)c8ccccc8C8(C)c9ccccc9C6(C)C875)cc(c42)-c2ccccc2-c2ccccc2-3)c([2H])c1[2H]. The lowest BCUT2D eigenvalue weighted by Gasteiger charge is -2.57. The summed E-state index contributed by atoms with van der Waals surface area (Å²) in [6.07, 6.45) is 5.88. The third kappa shape index (κ3) is 6.65. The molecule has 3 aromatic heterocycles. The number of para-hydroxylation sites is 2. The molecule has 458 valence electrons. The predicted octanol–water partition coefficient (Wildman–Crippen LogP) is 21.5. The van der Waals surface area contributed by atoms with Crippen molar-refractivity contribution in [2.75, 3.05) is 0 Å². The fourth-order valence-corrected chi connectivity index (χ4v) is 20.4. The van der Waals surface area contributed by atoms with Gasteiger partial charge in [-0.25, -0.2) is 4.98 Å². The Labute approximate surface area is 566 Å². The Morgan fingerprint density at radius 3 is 1.59 bits per heavy atom. The van der Waals surface area contributed by atoms with Gasteiger partial charge in [0.2, 0.25) is 0 Å². The van der Waals surface area contributed by atoms with Crippen molar-refractivity contribution in [3.8, 4) is 84.3 Å². The van der Waals surface area contributed by atoms with E-state index < -0.39 is 34.4 Å². The molecule has 5 unspecified atom stereocenters. The van der Waals surface area contributed by atoms with Crippen LogP contribution in [0, 0.1) is 11.7 Å². The standard InChI is InChI=1S/C91H68N4O/c1-86(2,3)59-47-48-92-83(52-59)95-80-42-22-15-33-68(80)69-45-44-62(54-81(69)95)96-61-28-23-27-60(53-61)93-55-94-84-63(56-25-9-8-10-26-56)34-24-35-70(84)66-31-13-11-29-64(66)65-30-12-14-32-67(65)71-49-58(51-82(93)85(71)94)57-43-46-78-79(50-57)90(7)77-41-21-20-40-76(77)88(5)73-37-17-16-36-72(73)87(4)74-38-18-19-39-75(74)89(78,6)91(87,88)90/h8-54H,1-7H3/i8D,9D,10D,25D,26D. The minimum atomic E-state index is -0.497. The summed E-state index contributed by atoms with van der Waals surface area (Å²) in [5.41, 5.74) is 23.5. The lowest BCUT2D eigenvalue weighted by molar-refractivity contribution is -0.570. The highest BCUT2D eigenvalue weighted by atomic mass is 16.5. The number of aromatic nitrogens is 4.